The molecule has 3 rings (SSSR count). The van der Waals surface area contributed by atoms with Crippen molar-refractivity contribution >= 4 is 11.8 Å². The van der Waals surface area contributed by atoms with Gasteiger partial charge in [-0.2, -0.15) is 5.10 Å². The Labute approximate surface area is 163 Å². The van der Waals surface area contributed by atoms with E-state index in [9.17, 15) is 14.4 Å². The highest BCUT2D eigenvalue weighted by molar-refractivity contribution is 5.94. The summed E-state index contributed by atoms with van der Waals surface area (Å²) in [5, 5.41) is 7.13. The third-order valence-corrected chi connectivity index (χ3v) is 5.75. The lowest BCUT2D eigenvalue weighted by Crippen LogP contribution is -2.35. The van der Waals surface area contributed by atoms with Crippen LogP contribution in [0.2, 0.25) is 0 Å². The molecule has 1 saturated heterocycles. The van der Waals surface area contributed by atoms with Gasteiger partial charge in [0, 0.05) is 49.9 Å². The molecule has 28 heavy (non-hydrogen) atoms. The van der Waals surface area contributed by atoms with E-state index in [4.69, 9.17) is 0 Å². The predicted octanol–water partition coefficient (Wildman–Crippen LogP) is 1.24. The summed E-state index contributed by atoms with van der Waals surface area (Å²) in [4.78, 5) is 41.6. The van der Waals surface area contributed by atoms with Crippen LogP contribution >= 0.6 is 0 Å². The zero-order valence-electron chi connectivity index (χ0n) is 17.0. The summed E-state index contributed by atoms with van der Waals surface area (Å²) in [5.74, 6) is -0.469. The molecule has 1 aliphatic heterocycles. The molecule has 2 atom stereocenters. The molecular formula is C20H27N5O3. The van der Waals surface area contributed by atoms with E-state index in [2.05, 4.69) is 15.4 Å². The summed E-state index contributed by atoms with van der Waals surface area (Å²) in [5.41, 5.74) is 3.39. The fourth-order valence-electron chi connectivity index (χ4n) is 3.93. The van der Waals surface area contributed by atoms with Crippen LogP contribution in [0.4, 0.5) is 0 Å². The molecule has 8 nitrogen and oxygen atoms in total. The van der Waals surface area contributed by atoms with Gasteiger partial charge in [-0.05, 0) is 31.9 Å². The first-order valence-electron chi connectivity index (χ1n) is 9.49. The van der Waals surface area contributed by atoms with E-state index in [0.29, 0.717) is 19.4 Å². The summed E-state index contributed by atoms with van der Waals surface area (Å²) < 4.78 is 1.78. The number of likely N-dealkylation sites (tertiary alicyclic amines) is 1. The summed E-state index contributed by atoms with van der Waals surface area (Å²) in [6, 6.07) is 1.48. The van der Waals surface area contributed by atoms with Crippen LogP contribution in [-0.4, -0.2) is 45.1 Å². The summed E-state index contributed by atoms with van der Waals surface area (Å²) in [7, 11) is 3.64. The monoisotopic (exact) mass is 385 g/mol. The molecule has 0 aromatic carbocycles. The molecule has 0 radical (unpaired) electrons. The summed E-state index contributed by atoms with van der Waals surface area (Å²) in [6.07, 6.45) is 2.83. The second-order valence-corrected chi connectivity index (χ2v) is 7.46. The van der Waals surface area contributed by atoms with E-state index >= 15 is 0 Å². The summed E-state index contributed by atoms with van der Waals surface area (Å²) >= 11 is 0. The molecule has 3 heterocycles. The number of hydrogen-bond acceptors (Lipinski definition) is 4. The minimum atomic E-state index is -0.421. The average molecular weight is 385 g/mol. The smallest absolute Gasteiger partial charge is 0.261 e. The molecule has 2 aromatic rings. The molecule has 0 aliphatic carbocycles. The minimum Gasteiger partial charge on any atom is -0.351 e. The maximum absolute atomic E-state index is 12.6. The molecule has 1 fully saturated rings. The van der Waals surface area contributed by atoms with Crippen LogP contribution in [0, 0.1) is 19.8 Å². The SMILES string of the molecule is CCc1[nH]c(=O)c(C(=O)NC[C@@H]2CC(=O)N(C)[C@H]2c2cnn(C)c2C)cc1C. The maximum atomic E-state index is 12.6. The van der Waals surface area contributed by atoms with Gasteiger partial charge in [-0.3, -0.25) is 19.1 Å². The van der Waals surface area contributed by atoms with Gasteiger partial charge in [0.25, 0.3) is 11.5 Å². The van der Waals surface area contributed by atoms with Crippen molar-refractivity contribution in [2.45, 2.75) is 39.7 Å². The Morgan fingerprint density at radius 3 is 2.64 bits per heavy atom. The lowest BCUT2D eigenvalue weighted by Gasteiger charge is -2.25. The molecular weight excluding hydrogens is 358 g/mol. The molecule has 2 amide bonds. The van der Waals surface area contributed by atoms with Crippen LogP contribution in [0.15, 0.2) is 17.1 Å². The van der Waals surface area contributed by atoms with Crippen molar-refractivity contribution in [3.05, 3.63) is 50.7 Å². The van der Waals surface area contributed by atoms with Gasteiger partial charge in [0.15, 0.2) is 0 Å². The van der Waals surface area contributed by atoms with Gasteiger partial charge in [0.05, 0.1) is 12.2 Å². The van der Waals surface area contributed by atoms with Crippen LogP contribution in [0.3, 0.4) is 0 Å². The Morgan fingerprint density at radius 2 is 2.04 bits per heavy atom. The van der Waals surface area contributed by atoms with Crippen molar-refractivity contribution in [3.8, 4) is 0 Å². The number of amides is 2. The summed E-state index contributed by atoms with van der Waals surface area (Å²) in [6.45, 7) is 6.09. The first-order valence-corrected chi connectivity index (χ1v) is 9.49. The van der Waals surface area contributed by atoms with Crippen molar-refractivity contribution < 1.29 is 9.59 Å². The van der Waals surface area contributed by atoms with Crippen LogP contribution in [-0.2, 0) is 18.3 Å². The van der Waals surface area contributed by atoms with E-state index in [-0.39, 0.29) is 29.0 Å². The number of hydrogen-bond donors (Lipinski definition) is 2. The van der Waals surface area contributed by atoms with Crippen LogP contribution in [0.5, 0.6) is 0 Å². The van der Waals surface area contributed by atoms with Gasteiger partial charge >= 0.3 is 0 Å². The van der Waals surface area contributed by atoms with Crippen molar-refractivity contribution in [3.63, 3.8) is 0 Å². The minimum absolute atomic E-state index is 0.0356. The highest BCUT2D eigenvalue weighted by atomic mass is 16.2. The normalized spacial score (nSPS) is 19.3. The van der Waals surface area contributed by atoms with Gasteiger partial charge in [0.2, 0.25) is 5.91 Å². The van der Waals surface area contributed by atoms with Gasteiger partial charge in [-0.25, -0.2) is 0 Å². The largest absolute Gasteiger partial charge is 0.351 e. The topological polar surface area (TPSA) is 100 Å². The lowest BCUT2D eigenvalue weighted by molar-refractivity contribution is -0.127. The second-order valence-electron chi connectivity index (χ2n) is 7.46. The lowest BCUT2D eigenvalue weighted by atomic mass is 9.94. The highest BCUT2D eigenvalue weighted by Crippen LogP contribution is 2.37. The molecule has 0 unspecified atom stereocenters. The molecule has 0 bridgehead atoms. The Kier molecular flexibility index (Phi) is 5.40. The van der Waals surface area contributed by atoms with Crippen LogP contribution < -0.4 is 10.9 Å². The molecule has 2 N–H and O–H groups in total. The number of carbonyl (C=O) groups excluding carboxylic acids is 2. The Balaban J connectivity index is 1.78. The fourth-order valence-corrected chi connectivity index (χ4v) is 3.93. The van der Waals surface area contributed by atoms with Crippen LogP contribution in [0.1, 0.15) is 52.3 Å². The van der Waals surface area contributed by atoms with E-state index in [1.165, 1.54) is 0 Å². The molecule has 8 heteroatoms. The molecule has 150 valence electrons. The zero-order valence-corrected chi connectivity index (χ0v) is 17.0. The Morgan fingerprint density at radius 1 is 1.32 bits per heavy atom. The second kappa shape index (κ2) is 7.61. The molecule has 0 saturated carbocycles. The van der Waals surface area contributed by atoms with E-state index in [1.807, 2.05) is 27.8 Å². The van der Waals surface area contributed by atoms with Gasteiger partial charge in [-0.1, -0.05) is 6.92 Å². The van der Waals surface area contributed by atoms with Crippen molar-refractivity contribution in [2.75, 3.05) is 13.6 Å². The Hall–Kier alpha value is -2.90. The molecule has 0 spiro atoms. The van der Waals surface area contributed by atoms with Crippen molar-refractivity contribution in [1.82, 2.24) is 25.0 Å². The Bertz CT molecular complexity index is 975. The van der Waals surface area contributed by atoms with Gasteiger partial charge in [0.1, 0.15) is 5.56 Å². The number of nitrogens with one attached hydrogen (secondary N) is 2. The first kappa shape index (κ1) is 19.9. The average Bonchev–Trinajstić information content (AvgIpc) is 3.13. The molecule has 2 aromatic heterocycles. The van der Waals surface area contributed by atoms with Gasteiger partial charge < -0.3 is 15.2 Å². The number of rotatable bonds is 5. The third-order valence-electron chi connectivity index (χ3n) is 5.75. The van der Waals surface area contributed by atoms with Crippen molar-refractivity contribution in [2.24, 2.45) is 13.0 Å². The quantitative estimate of drug-likeness (QED) is 0.809. The number of aromatic nitrogens is 3. The fraction of sp³-hybridized carbons (Fsp3) is 0.500. The van der Waals surface area contributed by atoms with E-state index < -0.39 is 5.91 Å². The number of H-pyrrole nitrogens is 1. The van der Waals surface area contributed by atoms with Gasteiger partial charge in [-0.15, -0.1) is 0 Å². The molecule has 1 aliphatic rings. The third kappa shape index (κ3) is 3.46. The number of aryl methyl sites for hydroxylation is 3. The maximum Gasteiger partial charge on any atom is 0.261 e. The first-order chi connectivity index (χ1) is 13.2. The van der Waals surface area contributed by atoms with E-state index in [0.717, 1.165) is 22.5 Å². The zero-order chi connectivity index (χ0) is 20.6. The van der Waals surface area contributed by atoms with Crippen molar-refractivity contribution in [1.29, 1.82) is 0 Å². The number of pyridine rings is 1. The number of carbonyl (C=O) groups is 2. The van der Waals surface area contributed by atoms with E-state index in [1.54, 1.807) is 28.9 Å². The standard InChI is InChI=1S/C20H27N5O3/c1-6-16-11(2)7-14(20(28)23-16)19(27)21-9-13-8-17(26)24(4)18(13)15-10-22-25(5)12(15)3/h7,10,13,18H,6,8-9H2,1-5H3,(H,21,27)(H,23,28)/t13-,18+/m0/s1. The highest BCUT2D eigenvalue weighted by Gasteiger charge is 2.40. The number of nitrogens with zero attached hydrogens (tertiary/aromatic N) is 3. The predicted molar refractivity (Wildman–Crippen MR) is 105 cm³/mol. The van der Waals surface area contributed by atoms with Crippen LogP contribution in [0.25, 0.3) is 0 Å². The number of aromatic amines is 1.